The minimum absolute atomic E-state index is 0.0716. The lowest BCUT2D eigenvalue weighted by Gasteiger charge is -2.29. The first kappa shape index (κ1) is 19.5. The van der Waals surface area contributed by atoms with Crippen molar-refractivity contribution < 1.29 is 14.3 Å². The molecule has 2 aromatic rings. The van der Waals surface area contributed by atoms with Gasteiger partial charge in [0.15, 0.2) is 0 Å². The van der Waals surface area contributed by atoms with Gasteiger partial charge in [-0.2, -0.15) is 0 Å². The van der Waals surface area contributed by atoms with Crippen LogP contribution in [0.25, 0.3) is 0 Å². The van der Waals surface area contributed by atoms with E-state index < -0.39 is 0 Å². The van der Waals surface area contributed by atoms with E-state index in [9.17, 15) is 4.79 Å². The fourth-order valence-corrected chi connectivity index (χ4v) is 5.68. The maximum Gasteiger partial charge on any atom is 0.311 e. The van der Waals surface area contributed by atoms with E-state index in [1.165, 1.54) is 12.8 Å². The number of thiophene rings is 1. The topological polar surface area (TPSA) is 38.8 Å². The number of nitrogens with zero attached hydrogens (tertiary/aromatic N) is 1. The largest absolute Gasteiger partial charge is 0.494 e. The number of ether oxygens (including phenoxy) is 2. The zero-order valence-electron chi connectivity index (χ0n) is 16.5. The minimum atomic E-state index is -0.0716. The molecule has 2 aliphatic carbocycles. The van der Waals surface area contributed by atoms with Crippen LogP contribution in [-0.4, -0.2) is 43.2 Å². The first-order chi connectivity index (χ1) is 13.7. The highest BCUT2D eigenvalue weighted by molar-refractivity contribution is 7.10. The second kappa shape index (κ2) is 9.10. The van der Waals surface area contributed by atoms with Crippen LogP contribution >= 0.6 is 11.3 Å². The molecule has 5 heteroatoms. The van der Waals surface area contributed by atoms with Crippen molar-refractivity contribution in [3.05, 3.63) is 52.7 Å². The molecule has 2 bridgehead atoms. The summed E-state index contributed by atoms with van der Waals surface area (Å²) in [6.45, 7) is 1.75. The summed E-state index contributed by atoms with van der Waals surface area (Å²) < 4.78 is 11.7. The van der Waals surface area contributed by atoms with Crippen LogP contribution < -0.4 is 4.74 Å². The molecule has 2 saturated carbocycles. The Balaban J connectivity index is 1.23. The Morgan fingerprint density at radius 2 is 2.04 bits per heavy atom. The third kappa shape index (κ3) is 4.58. The van der Waals surface area contributed by atoms with Crippen LogP contribution in [0.4, 0.5) is 0 Å². The lowest BCUT2D eigenvalue weighted by molar-refractivity contribution is -0.150. The van der Waals surface area contributed by atoms with E-state index in [2.05, 4.69) is 11.9 Å². The minimum Gasteiger partial charge on any atom is -0.494 e. The number of benzene rings is 1. The van der Waals surface area contributed by atoms with Crippen molar-refractivity contribution >= 4 is 17.3 Å². The summed E-state index contributed by atoms with van der Waals surface area (Å²) in [5.41, 5.74) is 0. The van der Waals surface area contributed by atoms with Gasteiger partial charge in [-0.3, -0.25) is 4.79 Å². The van der Waals surface area contributed by atoms with Crippen LogP contribution in [0.2, 0.25) is 0 Å². The second-order valence-corrected chi connectivity index (χ2v) is 9.04. The molecule has 28 heavy (non-hydrogen) atoms. The highest BCUT2D eigenvalue weighted by Gasteiger charge is 2.51. The number of para-hydroxylation sites is 1. The van der Waals surface area contributed by atoms with Crippen molar-refractivity contribution in [2.45, 2.75) is 44.2 Å². The molecule has 0 spiro atoms. The van der Waals surface area contributed by atoms with Crippen molar-refractivity contribution in [3.8, 4) is 5.75 Å². The van der Waals surface area contributed by atoms with Gasteiger partial charge in [-0.1, -0.05) is 24.3 Å². The third-order valence-electron chi connectivity index (χ3n) is 6.16. The Bertz CT molecular complexity index is 748. The molecular weight excluding hydrogens is 370 g/mol. The van der Waals surface area contributed by atoms with Crippen LogP contribution in [0.1, 0.15) is 30.6 Å². The number of rotatable bonds is 9. The fraction of sp³-hybridized carbons (Fsp3) is 0.522. The van der Waals surface area contributed by atoms with Gasteiger partial charge in [0.25, 0.3) is 0 Å². The van der Waals surface area contributed by atoms with Gasteiger partial charge in [-0.25, -0.2) is 0 Å². The molecule has 2 aliphatic rings. The van der Waals surface area contributed by atoms with Gasteiger partial charge in [-0.05, 0) is 62.2 Å². The first-order valence-corrected chi connectivity index (χ1v) is 11.2. The van der Waals surface area contributed by atoms with Crippen LogP contribution in [0.5, 0.6) is 5.75 Å². The maximum atomic E-state index is 12.3. The van der Waals surface area contributed by atoms with E-state index >= 15 is 0 Å². The number of hydrogen-bond acceptors (Lipinski definition) is 5. The van der Waals surface area contributed by atoms with E-state index in [1.807, 2.05) is 47.8 Å². The Labute approximate surface area is 171 Å². The first-order valence-electron chi connectivity index (χ1n) is 10.3. The lowest BCUT2D eigenvalue weighted by Crippen LogP contribution is -2.38. The van der Waals surface area contributed by atoms with Crippen molar-refractivity contribution in [1.29, 1.82) is 0 Å². The van der Waals surface area contributed by atoms with Crippen molar-refractivity contribution in [1.82, 2.24) is 4.90 Å². The summed E-state index contributed by atoms with van der Waals surface area (Å²) in [7, 11) is 2.22. The molecule has 1 aromatic heterocycles. The van der Waals surface area contributed by atoms with E-state index in [1.54, 1.807) is 11.3 Å². The molecule has 2 fully saturated rings. The molecule has 150 valence electrons. The quantitative estimate of drug-likeness (QED) is 0.463. The number of fused-ring (bicyclic) bond motifs is 2. The summed E-state index contributed by atoms with van der Waals surface area (Å²) in [5.74, 6) is 2.00. The number of esters is 1. The molecule has 1 heterocycles. The normalized spacial score (nSPS) is 25.9. The fourth-order valence-electron chi connectivity index (χ4n) is 4.99. The lowest BCUT2D eigenvalue weighted by atomic mass is 9.98. The van der Waals surface area contributed by atoms with Crippen molar-refractivity contribution in [3.63, 3.8) is 0 Å². The Hall–Kier alpha value is -1.85. The molecule has 0 N–H and O–H groups in total. The molecule has 0 aliphatic heterocycles. The summed E-state index contributed by atoms with van der Waals surface area (Å²) in [4.78, 5) is 15.9. The van der Waals surface area contributed by atoms with Crippen LogP contribution in [0.3, 0.4) is 0 Å². The molecule has 4 rings (SSSR count). The summed E-state index contributed by atoms with van der Waals surface area (Å²) in [6, 6.07) is 14.5. The van der Waals surface area contributed by atoms with Gasteiger partial charge in [0.05, 0.1) is 13.0 Å². The monoisotopic (exact) mass is 399 g/mol. The highest BCUT2D eigenvalue weighted by atomic mass is 32.1. The molecule has 0 saturated heterocycles. The molecule has 0 radical (unpaired) electrons. The van der Waals surface area contributed by atoms with Gasteiger partial charge >= 0.3 is 5.97 Å². The Morgan fingerprint density at radius 1 is 1.18 bits per heavy atom. The van der Waals surface area contributed by atoms with E-state index in [-0.39, 0.29) is 12.1 Å². The number of carbonyl (C=O) groups excluding carboxylic acids is 1. The van der Waals surface area contributed by atoms with Crippen molar-refractivity contribution in [2.75, 3.05) is 20.2 Å². The van der Waals surface area contributed by atoms with E-state index in [0.717, 1.165) is 36.6 Å². The SMILES string of the molecule is CN(CCCOc1ccccc1)C1C2CCC1C(OC(=O)Cc1cccs1)C2. The van der Waals surface area contributed by atoms with Gasteiger partial charge in [-0.15, -0.1) is 11.3 Å². The standard InChI is InChI=1S/C23H29NO3S/c1-24(12-6-13-26-18-7-3-2-4-8-18)23-17-10-11-20(23)21(15-17)27-22(25)16-19-9-5-14-28-19/h2-5,7-9,14,17,20-21,23H,6,10-13,15-16H2,1H3. The third-order valence-corrected chi connectivity index (χ3v) is 7.04. The number of carbonyl (C=O) groups is 1. The van der Waals surface area contributed by atoms with Crippen molar-refractivity contribution in [2.24, 2.45) is 11.8 Å². The molecular formula is C23H29NO3S. The van der Waals surface area contributed by atoms with Crippen LogP contribution in [0, 0.1) is 11.8 Å². The molecule has 0 amide bonds. The highest BCUT2D eigenvalue weighted by Crippen LogP contribution is 2.48. The number of hydrogen-bond donors (Lipinski definition) is 0. The Kier molecular flexibility index (Phi) is 6.33. The molecule has 1 aromatic carbocycles. The summed E-state index contributed by atoms with van der Waals surface area (Å²) >= 11 is 1.62. The van der Waals surface area contributed by atoms with E-state index in [4.69, 9.17) is 9.47 Å². The smallest absolute Gasteiger partial charge is 0.311 e. The van der Waals surface area contributed by atoms with Crippen LogP contribution in [0.15, 0.2) is 47.8 Å². The summed E-state index contributed by atoms with van der Waals surface area (Å²) in [5, 5.41) is 2.01. The van der Waals surface area contributed by atoms with Gasteiger partial charge < -0.3 is 14.4 Å². The van der Waals surface area contributed by atoms with Gasteiger partial charge in [0.1, 0.15) is 11.9 Å². The summed E-state index contributed by atoms with van der Waals surface area (Å²) in [6.07, 6.45) is 4.97. The maximum absolute atomic E-state index is 12.3. The molecule has 4 atom stereocenters. The molecule has 4 nitrogen and oxygen atoms in total. The zero-order valence-corrected chi connectivity index (χ0v) is 17.3. The molecule has 4 unspecified atom stereocenters. The van der Waals surface area contributed by atoms with Gasteiger partial charge in [0, 0.05) is 23.4 Å². The van der Waals surface area contributed by atoms with E-state index in [0.29, 0.717) is 24.3 Å². The Morgan fingerprint density at radius 3 is 2.82 bits per heavy atom. The average molecular weight is 400 g/mol. The second-order valence-electron chi connectivity index (χ2n) is 8.01. The van der Waals surface area contributed by atoms with Gasteiger partial charge in [0.2, 0.25) is 0 Å². The van der Waals surface area contributed by atoms with Crippen LogP contribution in [-0.2, 0) is 16.0 Å². The average Bonchev–Trinajstić information content (AvgIpc) is 3.42. The zero-order chi connectivity index (χ0) is 19.3. The predicted molar refractivity (Wildman–Crippen MR) is 112 cm³/mol. The predicted octanol–water partition coefficient (Wildman–Crippen LogP) is 4.40.